The Morgan fingerprint density at radius 1 is 0.583 bits per heavy atom. The first-order valence-corrected chi connectivity index (χ1v) is 16.4. The van der Waals surface area contributed by atoms with E-state index in [1.807, 2.05) is 0 Å². The number of nitrogens with zero attached hydrogens (tertiary/aromatic N) is 2. The van der Waals surface area contributed by atoms with Gasteiger partial charge in [0.2, 0.25) is 0 Å². The third kappa shape index (κ3) is 9.42. The first kappa shape index (κ1) is 33.6. The van der Waals surface area contributed by atoms with Crippen molar-refractivity contribution in [3.8, 4) is 0 Å². The average Bonchev–Trinajstić information content (AvgIpc) is 3.91. The molecule has 4 fully saturated rings. The minimum absolute atomic E-state index is 0.0632. The van der Waals surface area contributed by atoms with Crippen molar-refractivity contribution in [1.29, 1.82) is 0 Å². The Kier molecular flexibility index (Phi) is 11.4. The molecule has 0 aromatic heterocycles. The van der Waals surface area contributed by atoms with Crippen molar-refractivity contribution < 1.29 is 57.0 Å². The minimum atomic E-state index is -0.632. The molecule has 4 saturated heterocycles. The Labute approximate surface area is 279 Å². The maximum atomic E-state index is 11.4. The zero-order valence-electron chi connectivity index (χ0n) is 27.0. The Morgan fingerprint density at radius 3 is 1.31 bits per heavy atom. The number of hydrogen-bond acceptors (Lipinski definition) is 14. The Balaban J connectivity index is 1.05. The number of methoxy groups -OCH3 is 1. The summed E-state index contributed by atoms with van der Waals surface area (Å²) in [4.78, 5) is 38.6. The van der Waals surface area contributed by atoms with Gasteiger partial charge in [0.05, 0.1) is 12.7 Å². The van der Waals surface area contributed by atoms with Gasteiger partial charge in [-0.3, -0.25) is 0 Å². The lowest BCUT2D eigenvalue weighted by molar-refractivity contribution is -0.222. The van der Waals surface area contributed by atoms with Crippen molar-refractivity contribution in [3.63, 3.8) is 0 Å². The van der Waals surface area contributed by atoms with Crippen LogP contribution in [0.3, 0.4) is 0 Å². The van der Waals surface area contributed by atoms with Gasteiger partial charge in [0.1, 0.15) is 38.1 Å². The lowest BCUT2D eigenvalue weighted by Crippen LogP contribution is -2.31. The average molecular weight is 671 g/mol. The first-order valence-electron chi connectivity index (χ1n) is 16.4. The van der Waals surface area contributed by atoms with Crippen LogP contribution in [0.5, 0.6) is 0 Å². The monoisotopic (exact) mass is 670 g/mol. The fourth-order valence-corrected chi connectivity index (χ4v) is 6.04. The molecule has 4 aliphatic heterocycles. The van der Waals surface area contributed by atoms with E-state index in [4.69, 9.17) is 42.6 Å². The quantitative estimate of drug-likeness (QED) is 0.173. The van der Waals surface area contributed by atoms with E-state index in [0.717, 1.165) is 36.3 Å². The molecule has 4 heterocycles. The van der Waals surface area contributed by atoms with Crippen LogP contribution in [0.25, 0.3) is 0 Å². The molecule has 14 heteroatoms. The maximum absolute atomic E-state index is 11.4. The van der Waals surface area contributed by atoms with Gasteiger partial charge in [-0.15, -0.1) is 0 Å². The fourth-order valence-electron chi connectivity index (χ4n) is 6.04. The van der Waals surface area contributed by atoms with Gasteiger partial charge >= 0.3 is 18.5 Å². The number of ether oxygens (including phenoxy) is 9. The summed E-state index contributed by atoms with van der Waals surface area (Å²) >= 11 is 0. The normalized spacial score (nSPS) is 24.8. The summed E-state index contributed by atoms with van der Waals surface area (Å²) in [5.74, 6) is 0. The Morgan fingerprint density at radius 2 is 0.979 bits per heavy atom. The van der Waals surface area contributed by atoms with E-state index < -0.39 is 24.9 Å². The van der Waals surface area contributed by atoms with E-state index in [2.05, 4.69) is 58.3 Å². The van der Waals surface area contributed by atoms with Crippen molar-refractivity contribution in [3.05, 3.63) is 59.7 Å². The van der Waals surface area contributed by atoms with Crippen LogP contribution in [0, 0.1) is 0 Å². The number of rotatable bonds is 17. The molecule has 2 aromatic rings. The number of carbonyl (C=O) groups is 3. The van der Waals surface area contributed by atoms with E-state index >= 15 is 0 Å². The lowest BCUT2D eigenvalue weighted by atomic mass is 10.0. The van der Waals surface area contributed by atoms with Gasteiger partial charge in [-0.1, -0.05) is 24.3 Å². The highest BCUT2D eigenvalue weighted by Crippen LogP contribution is 2.24. The Hall–Kier alpha value is -4.27. The highest BCUT2D eigenvalue weighted by Gasteiger charge is 2.29. The summed E-state index contributed by atoms with van der Waals surface area (Å²) in [5, 5.41) is 0. The molecule has 4 aliphatic rings. The molecule has 0 aliphatic carbocycles. The summed E-state index contributed by atoms with van der Waals surface area (Å²) in [6, 6.07) is 16.9. The van der Waals surface area contributed by atoms with Gasteiger partial charge in [0.15, 0.2) is 0 Å². The summed E-state index contributed by atoms with van der Waals surface area (Å²) in [7, 11) is 1.55. The van der Waals surface area contributed by atoms with Gasteiger partial charge in [-0.05, 0) is 48.2 Å². The number of cyclic esters (lactones) is 6. The fraction of sp³-hybridized carbons (Fsp3) is 0.559. The molecule has 0 saturated carbocycles. The van der Waals surface area contributed by atoms with E-state index in [9.17, 15) is 14.4 Å². The molecule has 0 bridgehead atoms. The van der Waals surface area contributed by atoms with Crippen LogP contribution >= 0.6 is 0 Å². The molecule has 5 atom stereocenters. The molecular formula is C34H42N2O12. The second kappa shape index (κ2) is 16.2. The smallest absolute Gasteiger partial charge is 0.430 e. The van der Waals surface area contributed by atoms with E-state index in [1.54, 1.807) is 7.11 Å². The molecular weight excluding hydrogens is 628 g/mol. The number of benzene rings is 2. The third-order valence-electron chi connectivity index (χ3n) is 8.76. The summed E-state index contributed by atoms with van der Waals surface area (Å²) in [6.45, 7) is 3.32. The largest absolute Gasteiger partial charge is 0.508 e. The second-order valence-electron chi connectivity index (χ2n) is 12.2. The molecule has 48 heavy (non-hydrogen) atoms. The first-order chi connectivity index (χ1) is 23.4. The zero-order valence-corrected chi connectivity index (χ0v) is 27.0. The van der Waals surface area contributed by atoms with Gasteiger partial charge in [-0.25, -0.2) is 14.4 Å². The van der Waals surface area contributed by atoms with Crippen LogP contribution < -0.4 is 9.80 Å². The molecule has 5 unspecified atom stereocenters. The molecule has 2 aromatic carbocycles. The highest BCUT2D eigenvalue weighted by atomic mass is 16.9. The number of carbonyl (C=O) groups excluding carboxylic acids is 3. The topological polar surface area (TPSA) is 141 Å². The van der Waals surface area contributed by atoms with Gasteiger partial charge in [0, 0.05) is 63.9 Å². The molecule has 0 N–H and O–H groups in total. The van der Waals surface area contributed by atoms with Crippen molar-refractivity contribution in [2.24, 2.45) is 0 Å². The predicted octanol–water partition coefficient (Wildman–Crippen LogP) is 4.40. The molecule has 0 spiro atoms. The van der Waals surface area contributed by atoms with Crippen LogP contribution in [-0.2, 0) is 49.1 Å². The van der Waals surface area contributed by atoms with E-state index in [0.29, 0.717) is 45.5 Å². The summed E-state index contributed by atoms with van der Waals surface area (Å²) < 4.78 is 46.9. The van der Waals surface area contributed by atoms with Gasteiger partial charge < -0.3 is 52.4 Å². The van der Waals surface area contributed by atoms with Gasteiger partial charge in [0.25, 0.3) is 6.48 Å². The Bertz CT molecular complexity index is 1340. The SMILES string of the molecule is COC1OCC(CCN(CCC2COC(=O)O2)c2ccc(Cc3ccc(N(CCC4COC(=O)O4)CCC4COC(=O)O4)cc3)cc2)O1. The van der Waals surface area contributed by atoms with Crippen molar-refractivity contribution >= 4 is 29.8 Å². The lowest BCUT2D eigenvalue weighted by Gasteiger charge is -2.27. The molecule has 0 radical (unpaired) electrons. The molecule has 6 rings (SSSR count). The standard InChI is InChI=1S/C34H42N2O12/c1-40-34-44-22-30(48-34)13-17-36(16-12-29-21-43-33(39)47-29)26-8-4-24(5-9-26)18-23-2-6-25(7-3-23)35(14-10-27-19-41-31(37)45-27)15-11-28-20-42-32(38)46-28/h2-9,27-30,34H,10-22H2,1H3. The van der Waals surface area contributed by atoms with Crippen LogP contribution in [0.2, 0.25) is 0 Å². The number of hydrogen-bond donors (Lipinski definition) is 0. The molecule has 0 amide bonds. The maximum Gasteiger partial charge on any atom is 0.508 e. The van der Waals surface area contributed by atoms with Crippen LogP contribution in [0.4, 0.5) is 25.8 Å². The molecule has 260 valence electrons. The predicted molar refractivity (Wildman–Crippen MR) is 169 cm³/mol. The van der Waals surface area contributed by atoms with Crippen molar-refractivity contribution in [1.82, 2.24) is 0 Å². The molecule has 14 nitrogen and oxygen atoms in total. The van der Waals surface area contributed by atoms with Gasteiger partial charge in [-0.2, -0.15) is 0 Å². The summed E-state index contributed by atoms with van der Waals surface area (Å²) in [5.41, 5.74) is 4.41. The van der Waals surface area contributed by atoms with Crippen LogP contribution in [0.1, 0.15) is 36.8 Å². The minimum Gasteiger partial charge on any atom is -0.430 e. The van der Waals surface area contributed by atoms with Crippen molar-refractivity contribution in [2.45, 2.75) is 63.0 Å². The highest BCUT2D eigenvalue weighted by molar-refractivity contribution is 5.62. The van der Waals surface area contributed by atoms with Crippen molar-refractivity contribution in [2.75, 3.05) is 69.5 Å². The van der Waals surface area contributed by atoms with Crippen LogP contribution in [0.15, 0.2) is 48.5 Å². The summed E-state index contributed by atoms with van der Waals surface area (Å²) in [6.07, 6.45) is 0.630. The van der Waals surface area contributed by atoms with E-state index in [1.165, 1.54) is 5.56 Å². The third-order valence-corrected chi connectivity index (χ3v) is 8.76. The second-order valence-corrected chi connectivity index (χ2v) is 12.2. The van der Waals surface area contributed by atoms with Crippen LogP contribution in [-0.4, -0.2) is 109 Å². The van der Waals surface area contributed by atoms with E-state index in [-0.39, 0.29) is 44.2 Å². The number of anilines is 2. The zero-order chi connectivity index (χ0) is 33.3.